The van der Waals surface area contributed by atoms with Crippen molar-refractivity contribution in [3.63, 3.8) is 0 Å². The van der Waals surface area contributed by atoms with Crippen LogP contribution in [-0.4, -0.2) is 67.3 Å². The number of rotatable bonds is 4. The molecule has 6 heteroatoms. The van der Waals surface area contributed by atoms with E-state index in [0.29, 0.717) is 32.7 Å². The fraction of sp³-hybridized carbons (Fsp3) is 0.833. The summed E-state index contributed by atoms with van der Waals surface area (Å²) in [6.45, 7) is 4.79. The van der Waals surface area contributed by atoms with E-state index in [1.54, 1.807) is 9.80 Å². The first kappa shape index (κ1) is 13.3. The molecule has 0 N–H and O–H groups in total. The minimum absolute atomic E-state index is 0.00672. The van der Waals surface area contributed by atoms with Gasteiger partial charge in [-0.2, -0.15) is 0 Å². The maximum atomic E-state index is 11.8. The molecule has 0 aromatic heterocycles. The Morgan fingerprint density at radius 2 is 1.72 bits per heavy atom. The molecule has 2 amide bonds. The molecule has 0 aliphatic carbocycles. The fourth-order valence-corrected chi connectivity index (χ4v) is 2.16. The van der Waals surface area contributed by atoms with E-state index in [0.717, 1.165) is 6.42 Å². The second-order valence-electron chi connectivity index (χ2n) is 4.54. The smallest absolute Gasteiger partial charge is 0.242 e. The molecule has 0 spiro atoms. The molecule has 2 rings (SSSR count). The van der Waals surface area contributed by atoms with E-state index < -0.39 is 0 Å². The SMILES string of the molecule is CCN1CC(=O)N(CCC2OCCCO2)CC1=O. The van der Waals surface area contributed by atoms with E-state index in [-0.39, 0.29) is 31.2 Å². The zero-order valence-electron chi connectivity index (χ0n) is 10.8. The number of ether oxygens (including phenoxy) is 2. The fourth-order valence-electron chi connectivity index (χ4n) is 2.16. The number of likely N-dealkylation sites (N-methyl/N-ethyl adjacent to an activating group) is 1. The molecule has 0 aromatic carbocycles. The Bertz CT molecular complexity index is 315. The highest BCUT2D eigenvalue weighted by atomic mass is 16.7. The van der Waals surface area contributed by atoms with Gasteiger partial charge in [-0.3, -0.25) is 9.59 Å². The van der Waals surface area contributed by atoms with Gasteiger partial charge in [0, 0.05) is 19.5 Å². The van der Waals surface area contributed by atoms with E-state index >= 15 is 0 Å². The van der Waals surface area contributed by atoms with Crippen LogP contribution in [0.4, 0.5) is 0 Å². The van der Waals surface area contributed by atoms with Crippen LogP contribution in [0.3, 0.4) is 0 Å². The predicted molar refractivity (Wildman–Crippen MR) is 63.8 cm³/mol. The van der Waals surface area contributed by atoms with Gasteiger partial charge in [0.1, 0.15) is 0 Å². The van der Waals surface area contributed by atoms with Crippen LogP contribution in [0.25, 0.3) is 0 Å². The second kappa shape index (κ2) is 6.15. The second-order valence-corrected chi connectivity index (χ2v) is 4.54. The molecule has 0 unspecified atom stereocenters. The van der Waals surface area contributed by atoms with Crippen molar-refractivity contribution in [3.05, 3.63) is 0 Å². The molecule has 0 bridgehead atoms. The molecule has 2 aliphatic heterocycles. The topological polar surface area (TPSA) is 59.1 Å². The Hall–Kier alpha value is -1.14. The Labute approximate surface area is 107 Å². The van der Waals surface area contributed by atoms with Crippen molar-refractivity contribution < 1.29 is 19.1 Å². The maximum Gasteiger partial charge on any atom is 0.242 e. The lowest BCUT2D eigenvalue weighted by Gasteiger charge is -2.34. The van der Waals surface area contributed by atoms with Crippen LogP contribution in [0.1, 0.15) is 19.8 Å². The quantitative estimate of drug-likeness (QED) is 0.701. The summed E-state index contributed by atoms with van der Waals surface area (Å²) in [5.41, 5.74) is 0. The molecule has 102 valence electrons. The number of nitrogens with zero attached hydrogens (tertiary/aromatic N) is 2. The largest absolute Gasteiger partial charge is 0.353 e. The molecule has 18 heavy (non-hydrogen) atoms. The molecule has 2 fully saturated rings. The van der Waals surface area contributed by atoms with Crippen molar-refractivity contribution >= 4 is 11.8 Å². The summed E-state index contributed by atoms with van der Waals surface area (Å²) >= 11 is 0. The van der Waals surface area contributed by atoms with Crippen molar-refractivity contribution in [1.29, 1.82) is 0 Å². The Balaban J connectivity index is 1.78. The standard InChI is InChI=1S/C12H20N2O4/c1-2-13-8-11(16)14(9-10(13)15)5-4-12-17-6-3-7-18-12/h12H,2-9H2,1H3. The molecule has 0 atom stereocenters. The van der Waals surface area contributed by atoms with Crippen molar-refractivity contribution in [3.8, 4) is 0 Å². The average molecular weight is 256 g/mol. The van der Waals surface area contributed by atoms with Gasteiger partial charge in [-0.05, 0) is 13.3 Å². The van der Waals surface area contributed by atoms with Crippen LogP contribution in [0, 0.1) is 0 Å². The number of carbonyl (C=O) groups excluding carboxylic acids is 2. The summed E-state index contributed by atoms with van der Waals surface area (Å²) < 4.78 is 10.8. The van der Waals surface area contributed by atoms with Gasteiger partial charge >= 0.3 is 0 Å². The maximum absolute atomic E-state index is 11.8. The third-order valence-corrected chi connectivity index (χ3v) is 3.27. The van der Waals surface area contributed by atoms with Gasteiger partial charge in [0.25, 0.3) is 0 Å². The van der Waals surface area contributed by atoms with Gasteiger partial charge in [-0.25, -0.2) is 0 Å². The minimum atomic E-state index is -0.231. The molecule has 2 heterocycles. The third kappa shape index (κ3) is 3.20. The number of hydrogen-bond acceptors (Lipinski definition) is 4. The van der Waals surface area contributed by atoms with Crippen molar-refractivity contribution in [2.24, 2.45) is 0 Å². The summed E-state index contributed by atoms with van der Waals surface area (Å²) in [4.78, 5) is 26.7. The normalized spacial score (nSPS) is 22.7. The zero-order valence-corrected chi connectivity index (χ0v) is 10.8. The summed E-state index contributed by atoms with van der Waals surface area (Å²) in [6, 6.07) is 0. The first-order valence-electron chi connectivity index (χ1n) is 6.49. The summed E-state index contributed by atoms with van der Waals surface area (Å²) in [7, 11) is 0. The predicted octanol–water partition coefficient (Wildman–Crippen LogP) is -0.170. The number of hydrogen-bond donors (Lipinski definition) is 0. The minimum Gasteiger partial charge on any atom is -0.353 e. The van der Waals surface area contributed by atoms with E-state index in [1.807, 2.05) is 6.92 Å². The molecule has 0 saturated carbocycles. The lowest BCUT2D eigenvalue weighted by atomic mass is 10.2. The van der Waals surface area contributed by atoms with E-state index in [2.05, 4.69) is 0 Å². The monoisotopic (exact) mass is 256 g/mol. The Morgan fingerprint density at radius 1 is 1.11 bits per heavy atom. The van der Waals surface area contributed by atoms with Crippen LogP contribution in [-0.2, 0) is 19.1 Å². The third-order valence-electron chi connectivity index (χ3n) is 3.27. The number of piperazine rings is 1. The van der Waals surface area contributed by atoms with E-state index in [4.69, 9.17) is 9.47 Å². The first-order chi connectivity index (χ1) is 8.70. The summed E-state index contributed by atoms with van der Waals surface area (Å²) in [5, 5.41) is 0. The first-order valence-corrected chi connectivity index (χ1v) is 6.49. The van der Waals surface area contributed by atoms with Crippen molar-refractivity contribution in [2.45, 2.75) is 26.1 Å². The summed E-state index contributed by atoms with van der Waals surface area (Å²) in [5.74, 6) is 0.0230. The number of amides is 2. The summed E-state index contributed by atoms with van der Waals surface area (Å²) in [6.07, 6.45) is 1.32. The van der Waals surface area contributed by atoms with Crippen LogP contribution >= 0.6 is 0 Å². The van der Waals surface area contributed by atoms with E-state index in [9.17, 15) is 9.59 Å². The molecular weight excluding hydrogens is 236 g/mol. The molecule has 6 nitrogen and oxygen atoms in total. The Kier molecular flexibility index (Phi) is 4.54. The molecule has 0 radical (unpaired) electrons. The highest BCUT2D eigenvalue weighted by molar-refractivity contribution is 5.92. The van der Waals surface area contributed by atoms with Gasteiger partial charge in [0.2, 0.25) is 11.8 Å². The Morgan fingerprint density at radius 3 is 2.39 bits per heavy atom. The van der Waals surface area contributed by atoms with Crippen LogP contribution in [0.2, 0.25) is 0 Å². The van der Waals surface area contributed by atoms with E-state index in [1.165, 1.54) is 0 Å². The molecule has 2 aliphatic rings. The highest BCUT2D eigenvalue weighted by Crippen LogP contribution is 2.11. The number of carbonyl (C=O) groups is 2. The van der Waals surface area contributed by atoms with Crippen LogP contribution in [0.5, 0.6) is 0 Å². The molecule has 0 aromatic rings. The van der Waals surface area contributed by atoms with Gasteiger partial charge in [0.05, 0.1) is 26.3 Å². The van der Waals surface area contributed by atoms with Crippen molar-refractivity contribution in [2.75, 3.05) is 39.4 Å². The van der Waals surface area contributed by atoms with Crippen LogP contribution < -0.4 is 0 Å². The lowest BCUT2D eigenvalue weighted by Crippen LogP contribution is -2.54. The van der Waals surface area contributed by atoms with Gasteiger partial charge in [0.15, 0.2) is 6.29 Å². The molecular formula is C12H20N2O4. The van der Waals surface area contributed by atoms with Crippen LogP contribution in [0.15, 0.2) is 0 Å². The lowest BCUT2D eigenvalue weighted by molar-refractivity contribution is -0.184. The average Bonchev–Trinajstić information content (AvgIpc) is 2.40. The zero-order chi connectivity index (χ0) is 13.0. The van der Waals surface area contributed by atoms with Gasteiger partial charge in [-0.15, -0.1) is 0 Å². The van der Waals surface area contributed by atoms with Crippen molar-refractivity contribution in [1.82, 2.24) is 9.80 Å². The highest BCUT2D eigenvalue weighted by Gasteiger charge is 2.29. The van der Waals surface area contributed by atoms with Gasteiger partial charge < -0.3 is 19.3 Å². The molecule has 2 saturated heterocycles. The van der Waals surface area contributed by atoms with Gasteiger partial charge in [-0.1, -0.05) is 0 Å².